The SMILES string of the molecule is CCCn1nnc2cc(-c3noc(C4CCCCC4)n3)ccc21. The first-order valence-corrected chi connectivity index (χ1v) is 8.52. The molecule has 0 unspecified atom stereocenters. The van der Waals surface area contributed by atoms with E-state index < -0.39 is 0 Å². The highest BCUT2D eigenvalue weighted by molar-refractivity contribution is 5.79. The standard InChI is InChI=1S/C17H21N5O/c1-2-10-22-15-9-8-13(11-14(15)19-21-22)16-18-17(23-20-16)12-6-4-3-5-7-12/h8-9,11-12H,2-7,10H2,1H3. The third-order valence-corrected chi connectivity index (χ3v) is 4.60. The van der Waals surface area contributed by atoms with E-state index in [2.05, 4.69) is 27.4 Å². The normalized spacial score (nSPS) is 16.2. The van der Waals surface area contributed by atoms with Gasteiger partial charge in [0.1, 0.15) is 5.52 Å². The summed E-state index contributed by atoms with van der Waals surface area (Å²) in [6.45, 7) is 3.01. The van der Waals surface area contributed by atoms with Gasteiger partial charge >= 0.3 is 0 Å². The van der Waals surface area contributed by atoms with Gasteiger partial charge in [-0.25, -0.2) is 4.68 Å². The summed E-state index contributed by atoms with van der Waals surface area (Å²) in [6, 6.07) is 6.05. The van der Waals surface area contributed by atoms with Crippen LogP contribution in [0.25, 0.3) is 22.4 Å². The van der Waals surface area contributed by atoms with Gasteiger partial charge in [-0.05, 0) is 37.5 Å². The van der Waals surface area contributed by atoms with E-state index >= 15 is 0 Å². The minimum atomic E-state index is 0.430. The quantitative estimate of drug-likeness (QED) is 0.730. The van der Waals surface area contributed by atoms with Gasteiger partial charge in [-0.2, -0.15) is 4.98 Å². The van der Waals surface area contributed by atoms with Crippen LogP contribution >= 0.6 is 0 Å². The predicted octanol–water partition coefficient (Wildman–Crippen LogP) is 3.94. The van der Waals surface area contributed by atoms with Crippen LogP contribution in [-0.2, 0) is 6.54 Å². The van der Waals surface area contributed by atoms with Gasteiger partial charge in [-0.3, -0.25) is 0 Å². The zero-order chi connectivity index (χ0) is 15.6. The lowest BCUT2D eigenvalue weighted by atomic mass is 9.89. The van der Waals surface area contributed by atoms with E-state index in [4.69, 9.17) is 4.52 Å². The van der Waals surface area contributed by atoms with Crippen molar-refractivity contribution in [2.75, 3.05) is 0 Å². The summed E-state index contributed by atoms with van der Waals surface area (Å²) in [6.07, 6.45) is 7.19. The summed E-state index contributed by atoms with van der Waals surface area (Å²) in [5.74, 6) is 1.87. The molecule has 0 spiro atoms. The number of rotatable bonds is 4. The molecule has 1 aromatic carbocycles. The first-order chi connectivity index (χ1) is 11.3. The molecule has 1 aliphatic carbocycles. The van der Waals surface area contributed by atoms with E-state index in [9.17, 15) is 0 Å². The molecule has 0 N–H and O–H groups in total. The van der Waals surface area contributed by atoms with Crippen LogP contribution in [0.3, 0.4) is 0 Å². The van der Waals surface area contributed by atoms with Gasteiger partial charge in [0.2, 0.25) is 11.7 Å². The molecule has 1 saturated carbocycles. The van der Waals surface area contributed by atoms with Crippen LogP contribution < -0.4 is 0 Å². The van der Waals surface area contributed by atoms with Gasteiger partial charge in [0, 0.05) is 18.0 Å². The number of fused-ring (bicyclic) bond motifs is 1. The Bertz CT molecular complexity index is 800. The lowest BCUT2D eigenvalue weighted by molar-refractivity contribution is 0.314. The summed E-state index contributed by atoms with van der Waals surface area (Å²) >= 11 is 0. The van der Waals surface area contributed by atoms with Crippen LogP contribution in [0.15, 0.2) is 22.7 Å². The number of hydrogen-bond donors (Lipinski definition) is 0. The number of hydrogen-bond acceptors (Lipinski definition) is 5. The molecule has 1 aliphatic rings. The maximum atomic E-state index is 5.51. The fraction of sp³-hybridized carbons (Fsp3) is 0.529. The molecule has 0 amide bonds. The van der Waals surface area contributed by atoms with E-state index in [0.717, 1.165) is 48.3 Å². The molecule has 0 radical (unpaired) electrons. The average molecular weight is 311 g/mol. The molecule has 23 heavy (non-hydrogen) atoms. The maximum Gasteiger partial charge on any atom is 0.230 e. The third-order valence-electron chi connectivity index (χ3n) is 4.60. The summed E-state index contributed by atoms with van der Waals surface area (Å²) in [7, 11) is 0. The van der Waals surface area contributed by atoms with Crippen LogP contribution in [0.2, 0.25) is 0 Å². The average Bonchev–Trinajstić information content (AvgIpc) is 3.23. The van der Waals surface area contributed by atoms with Crippen LogP contribution in [0.1, 0.15) is 57.3 Å². The van der Waals surface area contributed by atoms with Crippen molar-refractivity contribution in [1.82, 2.24) is 25.1 Å². The van der Waals surface area contributed by atoms with Crippen LogP contribution in [0.4, 0.5) is 0 Å². The summed E-state index contributed by atoms with van der Waals surface area (Å²) in [4.78, 5) is 4.62. The molecule has 6 nitrogen and oxygen atoms in total. The highest BCUT2D eigenvalue weighted by Crippen LogP contribution is 2.32. The third kappa shape index (κ3) is 2.73. The van der Waals surface area contributed by atoms with E-state index in [1.807, 2.05) is 22.9 Å². The zero-order valence-corrected chi connectivity index (χ0v) is 13.4. The van der Waals surface area contributed by atoms with E-state index in [1.165, 1.54) is 19.3 Å². The Balaban J connectivity index is 1.62. The summed E-state index contributed by atoms with van der Waals surface area (Å²) in [5.41, 5.74) is 2.86. The van der Waals surface area contributed by atoms with E-state index in [0.29, 0.717) is 11.7 Å². The molecule has 0 bridgehead atoms. The first kappa shape index (κ1) is 14.4. The second-order valence-corrected chi connectivity index (χ2v) is 6.31. The Morgan fingerprint density at radius 1 is 1.22 bits per heavy atom. The lowest BCUT2D eigenvalue weighted by Gasteiger charge is -2.17. The van der Waals surface area contributed by atoms with Gasteiger partial charge in [0.05, 0.1) is 5.52 Å². The molecular weight excluding hydrogens is 290 g/mol. The molecule has 0 aliphatic heterocycles. The topological polar surface area (TPSA) is 69.6 Å². The van der Waals surface area contributed by atoms with Gasteiger partial charge in [0.25, 0.3) is 0 Å². The van der Waals surface area contributed by atoms with Crippen molar-refractivity contribution in [3.63, 3.8) is 0 Å². The van der Waals surface area contributed by atoms with Crippen molar-refractivity contribution in [1.29, 1.82) is 0 Å². The Labute approximate surface area is 134 Å². The van der Waals surface area contributed by atoms with Gasteiger partial charge in [-0.15, -0.1) is 5.10 Å². The highest BCUT2D eigenvalue weighted by Gasteiger charge is 2.22. The van der Waals surface area contributed by atoms with Crippen molar-refractivity contribution in [3.8, 4) is 11.4 Å². The molecule has 1 fully saturated rings. The van der Waals surface area contributed by atoms with Crippen molar-refractivity contribution in [2.24, 2.45) is 0 Å². The Kier molecular flexibility index (Phi) is 3.81. The summed E-state index contributed by atoms with van der Waals surface area (Å²) in [5, 5.41) is 12.6. The van der Waals surface area contributed by atoms with Crippen LogP contribution in [0.5, 0.6) is 0 Å². The molecular formula is C17H21N5O. The second-order valence-electron chi connectivity index (χ2n) is 6.31. The lowest BCUT2D eigenvalue weighted by Crippen LogP contribution is -2.04. The zero-order valence-electron chi connectivity index (χ0n) is 13.4. The number of nitrogens with zero attached hydrogens (tertiary/aromatic N) is 5. The maximum absolute atomic E-state index is 5.51. The number of aryl methyl sites for hydroxylation is 1. The molecule has 4 rings (SSSR count). The molecule has 120 valence electrons. The first-order valence-electron chi connectivity index (χ1n) is 8.52. The fourth-order valence-electron chi connectivity index (χ4n) is 3.36. The minimum absolute atomic E-state index is 0.430. The van der Waals surface area contributed by atoms with Gasteiger partial charge in [0.15, 0.2) is 0 Å². The Morgan fingerprint density at radius 3 is 2.91 bits per heavy atom. The molecule has 2 heterocycles. The Hall–Kier alpha value is -2.24. The number of aromatic nitrogens is 5. The second kappa shape index (κ2) is 6.10. The predicted molar refractivity (Wildman–Crippen MR) is 86.9 cm³/mol. The molecule has 6 heteroatoms. The fourth-order valence-corrected chi connectivity index (χ4v) is 3.36. The molecule has 0 atom stereocenters. The highest BCUT2D eigenvalue weighted by atomic mass is 16.5. The molecule has 2 aromatic heterocycles. The summed E-state index contributed by atoms with van der Waals surface area (Å²) < 4.78 is 7.45. The van der Waals surface area contributed by atoms with E-state index in [1.54, 1.807) is 0 Å². The minimum Gasteiger partial charge on any atom is -0.339 e. The van der Waals surface area contributed by atoms with Crippen molar-refractivity contribution in [3.05, 3.63) is 24.1 Å². The number of benzene rings is 1. The van der Waals surface area contributed by atoms with Crippen molar-refractivity contribution < 1.29 is 4.52 Å². The van der Waals surface area contributed by atoms with Crippen LogP contribution in [-0.4, -0.2) is 25.1 Å². The monoisotopic (exact) mass is 311 g/mol. The molecule has 3 aromatic rings. The van der Waals surface area contributed by atoms with Gasteiger partial charge in [-0.1, -0.05) is 36.6 Å². The smallest absolute Gasteiger partial charge is 0.230 e. The van der Waals surface area contributed by atoms with E-state index in [-0.39, 0.29) is 0 Å². The van der Waals surface area contributed by atoms with Crippen LogP contribution in [0, 0.1) is 0 Å². The van der Waals surface area contributed by atoms with Crippen molar-refractivity contribution >= 4 is 11.0 Å². The van der Waals surface area contributed by atoms with Gasteiger partial charge < -0.3 is 4.52 Å². The van der Waals surface area contributed by atoms with Crippen molar-refractivity contribution in [2.45, 2.75) is 57.9 Å². The molecule has 0 saturated heterocycles. The Morgan fingerprint density at radius 2 is 2.09 bits per heavy atom. The largest absolute Gasteiger partial charge is 0.339 e.